The predicted octanol–water partition coefficient (Wildman–Crippen LogP) is 2.50. The Kier molecular flexibility index (Phi) is 6.38. The lowest BCUT2D eigenvalue weighted by Crippen LogP contribution is -2.41. The molecule has 0 unspecified atom stereocenters. The summed E-state index contributed by atoms with van der Waals surface area (Å²) in [7, 11) is -4.39. The van der Waals surface area contributed by atoms with Crippen molar-refractivity contribution in [2.75, 3.05) is 10.8 Å². The second kappa shape index (κ2) is 9.14. The van der Waals surface area contributed by atoms with Gasteiger partial charge in [0.05, 0.1) is 22.8 Å². The Labute approximate surface area is 173 Å². The summed E-state index contributed by atoms with van der Waals surface area (Å²) >= 11 is 0. The van der Waals surface area contributed by atoms with E-state index in [4.69, 9.17) is 0 Å². The smallest absolute Gasteiger partial charge is 0.289 e. The molecule has 2 aromatic carbocycles. The van der Waals surface area contributed by atoms with E-state index in [0.29, 0.717) is 5.69 Å². The third kappa shape index (κ3) is 4.78. The number of carbonyl (C=O) groups excluding carboxylic acids is 1. The predicted molar refractivity (Wildman–Crippen MR) is 110 cm³/mol. The number of aromatic nitrogens is 1. The van der Waals surface area contributed by atoms with Crippen molar-refractivity contribution in [3.63, 3.8) is 0 Å². The Morgan fingerprint density at radius 3 is 2.33 bits per heavy atom. The fourth-order valence-corrected chi connectivity index (χ4v) is 4.31. The second-order valence-electron chi connectivity index (χ2n) is 6.17. The minimum Gasteiger partial charge on any atom is -0.349 e. The average molecular weight is 426 g/mol. The molecule has 1 amide bonds. The van der Waals surface area contributed by atoms with Gasteiger partial charge in [0.15, 0.2) is 4.90 Å². The van der Waals surface area contributed by atoms with Crippen LogP contribution in [0.25, 0.3) is 0 Å². The van der Waals surface area contributed by atoms with Crippen LogP contribution in [-0.2, 0) is 21.4 Å². The minimum absolute atomic E-state index is 0.119. The SMILES string of the molecule is O=C(CN(c1ccccc1)S(=O)(=O)c1ccccc1[N+](=O)[O-])NCc1ccccn1. The molecule has 1 N–H and O–H groups in total. The lowest BCUT2D eigenvalue weighted by atomic mass is 10.3. The zero-order chi connectivity index (χ0) is 21.6. The van der Waals surface area contributed by atoms with Crippen LogP contribution in [0.3, 0.4) is 0 Å². The van der Waals surface area contributed by atoms with Crippen molar-refractivity contribution in [2.45, 2.75) is 11.4 Å². The molecule has 0 saturated carbocycles. The van der Waals surface area contributed by atoms with E-state index in [2.05, 4.69) is 10.3 Å². The van der Waals surface area contributed by atoms with Crippen LogP contribution >= 0.6 is 0 Å². The highest BCUT2D eigenvalue weighted by Crippen LogP contribution is 2.29. The number of nitro benzene ring substituents is 1. The molecular formula is C20H18N4O5S. The maximum Gasteiger partial charge on any atom is 0.289 e. The summed E-state index contributed by atoms with van der Waals surface area (Å²) in [5, 5.41) is 14.0. The number of anilines is 1. The van der Waals surface area contributed by atoms with Crippen LogP contribution in [0.2, 0.25) is 0 Å². The van der Waals surface area contributed by atoms with Crippen molar-refractivity contribution in [3.05, 3.63) is 94.8 Å². The van der Waals surface area contributed by atoms with E-state index in [-0.39, 0.29) is 12.2 Å². The van der Waals surface area contributed by atoms with E-state index in [9.17, 15) is 23.3 Å². The first kappa shape index (κ1) is 20.9. The Morgan fingerprint density at radius 2 is 1.67 bits per heavy atom. The highest BCUT2D eigenvalue weighted by Gasteiger charge is 2.32. The number of nitrogens with one attached hydrogen (secondary N) is 1. The van der Waals surface area contributed by atoms with E-state index in [1.54, 1.807) is 42.6 Å². The van der Waals surface area contributed by atoms with Crippen LogP contribution < -0.4 is 9.62 Å². The zero-order valence-electron chi connectivity index (χ0n) is 15.7. The molecule has 0 spiro atoms. The molecule has 9 nitrogen and oxygen atoms in total. The second-order valence-corrected chi connectivity index (χ2v) is 8.00. The van der Waals surface area contributed by atoms with Gasteiger partial charge in [-0.15, -0.1) is 0 Å². The largest absolute Gasteiger partial charge is 0.349 e. The van der Waals surface area contributed by atoms with E-state index >= 15 is 0 Å². The summed E-state index contributed by atoms with van der Waals surface area (Å²) in [6.07, 6.45) is 1.58. The van der Waals surface area contributed by atoms with Crippen molar-refractivity contribution in [3.8, 4) is 0 Å². The quantitative estimate of drug-likeness (QED) is 0.436. The van der Waals surface area contributed by atoms with E-state index < -0.39 is 38.0 Å². The van der Waals surface area contributed by atoms with Gasteiger partial charge < -0.3 is 5.32 Å². The fraction of sp³-hybridized carbons (Fsp3) is 0.100. The first-order chi connectivity index (χ1) is 14.4. The Morgan fingerprint density at radius 1 is 1.00 bits per heavy atom. The van der Waals surface area contributed by atoms with Gasteiger partial charge in [0.1, 0.15) is 6.54 Å². The Balaban J connectivity index is 1.92. The molecule has 3 aromatic rings. The summed E-state index contributed by atoms with van der Waals surface area (Å²) in [6.45, 7) is -0.431. The third-order valence-corrected chi connectivity index (χ3v) is 5.98. The van der Waals surface area contributed by atoms with Crippen molar-refractivity contribution >= 4 is 27.3 Å². The number of hydrogen-bond donors (Lipinski definition) is 1. The zero-order valence-corrected chi connectivity index (χ0v) is 16.5. The Bertz CT molecular complexity index is 1140. The Hall–Kier alpha value is -3.79. The number of nitro groups is 1. The lowest BCUT2D eigenvalue weighted by molar-refractivity contribution is -0.387. The van der Waals surface area contributed by atoms with Crippen molar-refractivity contribution in [2.24, 2.45) is 0 Å². The maximum atomic E-state index is 13.3. The summed E-state index contributed by atoms with van der Waals surface area (Å²) in [4.78, 5) is 26.7. The van der Waals surface area contributed by atoms with Crippen LogP contribution in [-0.4, -0.2) is 30.8 Å². The first-order valence-electron chi connectivity index (χ1n) is 8.87. The molecular weight excluding hydrogens is 408 g/mol. The highest BCUT2D eigenvalue weighted by atomic mass is 32.2. The summed E-state index contributed by atoms with van der Waals surface area (Å²) in [5.74, 6) is -0.577. The van der Waals surface area contributed by atoms with Crippen LogP contribution in [0.1, 0.15) is 5.69 Å². The molecule has 0 bridgehead atoms. The molecule has 3 rings (SSSR count). The van der Waals surface area contributed by atoms with Gasteiger partial charge in [0, 0.05) is 12.3 Å². The van der Waals surface area contributed by atoms with Gasteiger partial charge in [0.2, 0.25) is 5.91 Å². The van der Waals surface area contributed by atoms with Crippen LogP contribution in [0.15, 0.2) is 83.9 Å². The molecule has 0 atom stereocenters. The van der Waals surface area contributed by atoms with E-state index in [1.165, 1.54) is 24.3 Å². The number of nitrogens with zero attached hydrogens (tertiary/aromatic N) is 3. The summed E-state index contributed by atoms with van der Waals surface area (Å²) < 4.78 is 27.4. The highest BCUT2D eigenvalue weighted by molar-refractivity contribution is 7.93. The van der Waals surface area contributed by atoms with Crippen molar-refractivity contribution in [1.29, 1.82) is 0 Å². The van der Waals surface area contributed by atoms with Gasteiger partial charge in [-0.1, -0.05) is 36.4 Å². The molecule has 0 radical (unpaired) electrons. The van der Waals surface area contributed by atoms with Gasteiger partial charge in [-0.05, 0) is 30.3 Å². The molecule has 154 valence electrons. The van der Waals surface area contributed by atoms with E-state index in [1.807, 2.05) is 0 Å². The molecule has 0 aliphatic carbocycles. The third-order valence-electron chi connectivity index (χ3n) is 4.15. The number of rotatable bonds is 8. The average Bonchev–Trinajstić information content (AvgIpc) is 2.77. The van der Waals surface area contributed by atoms with Crippen molar-refractivity contribution < 1.29 is 18.1 Å². The monoisotopic (exact) mass is 426 g/mol. The topological polar surface area (TPSA) is 123 Å². The number of benzene rings is 2. The van der Waals surface area contributed by atoms with Crippen LogP contribution in [0.4, 0.5) is 11.4 Å². The number of pyridine rings is 1. The number of sulfonamides is 1. The number of amides is 1. The van der Waals surface area contributed by atoms with Crippen molar-refractivity contribution in [1.82, 2.24) is 10.3 Å². The van der Waals surface area contributed by atoms with Gasteiger partial charge in [0.25, 0.3) is 15.7 Å². The molecule has 30 heavy (non-hydrogen) atoms. The van der Waals surface area contributed by atoms with E-state index in [0.717, 1.165) is 16.4 Å². The number of hydrogen-bond acceptors (Lipinski definition) is 6. The first-order valence-corrected chi connectivity index (χ1v) is 10.3. The van der Waals surface area contributed by atoms with Crippen LogP contribution in [0.5, 0.6) is 0 Å². The normalized spacial score (nSPS) is 10.9. The molecule has 0 saturated heterocycles. The number of carbonyl (C=O) groups is 1. The van der Waals surface area contributed by atoms with Gasteiger partial charge >= 0.3 is 0 Å². The molecule has 0 fully saturated rings. The van der Waals surface area contributed by atoms with Gasteiger partial charge in [-0.25, -0.2) is 8.42 Å². The molecule has 1 aromatic heterocycles. The summed E-state index contributed by atoms with van der Waals surface area (Å²) in [6, 6.07) is 18.2. The van der Waals surface area contributed by atoms with Gasteiger partial charge in [-0.3, -0.25) is 24.2 Å². The lowest BCUT2D eigenvalue weighted by Gasteiger charge is -2.24. The molecule has 0 aliphatic rings. The molecule has 10 heteroatoms. The van der Waals surface area contributed by atoms with Crippen LogP contribution in [0, 0.1) is 10.1 Å². The molecule has 0 aliphatic heterocycles. The minimum atomic E-state index is -4.39. The fourth-order valence-electron chi connectivity index (χ4n) is 2.73. The van der Waals surface area contributed by atoms with Gasteiger partial charge in [-0.2, -0.15) is 0 Å². The standard InChI is InChI=1S/C20H18N4O5S/c25-20(22-14-16-8-6-7-13-21-16)15-23(17-9-2-1-3-10-17)30(28,29)19-12-5-4-11-18(19)24(26)27/h1-13H,14-15H2,(H,22,25). The maximum absolute atomic E-state index is 13.3. The molecule has 1 heterocycles. The number of para-hydroxylation sites is 2. The summed E-state index contributed by atoms with van der Waals surface area (Å²) in [5.41, 5.74) is 0.259.